The maximum atomic E-state index is 10.6. The number of halogens is 6. The highest BCUT2D eigenvalue weighted by molar-refractivity contribution is 5.73. The van der Waals surface area contributed by atoms with Crippen LogP contribution in [0.2, 0.25) is 0 Å². The summed E-state index contributed by atoms with van der Waals surface area (Å²) in [7, 11) is 0. The molecular weight excluding hydrogens is 534 g/mol. The summed E-state index contributed by atoms with van der Waals surface area (Å²) < 4.78 is 63.5. The summed E-state index contributed by atoms with van der Waals surface area (Å²) in [6.07, 6.45) is -3.03. The maximum absolute atomic E-state index is 10.6. The van der Waals surface area contributed by atoms with Gasteiger partial charge in [-0.05, 0) is 19.8 Å². The number of carbonyl (C=O) groups is 2. The van der Waals surface area contributed by atoms with Crippen molar-refractivity contribution in [3.63, 3.8) is 0 Å². The highest BCUT2D eigenvalue weighted by atomic mass is 19.4. The van der Waals surface area contributed by atoms with Crippen molar-refractivity contribution in [1.82, 2.24) is 19.8 Å². The van der Waals surface area contributed by atoms with Gasteiger partial charge >= 0.3 is 24.3 Å². The zero-order valence-electron chi connectivity index (χ0n) is 21.4. The lowest BCUT2D eigenvalue weighted by Crippen LogP contribution is -2.50. The van der Waals surface area contributed by atoms with E-state index in [1.165, 1.54) is 75.2 Å². The topological polar surface area (TPSA) is 110 Å². The summed E-state index contributed by atoms with van der Waals surface area (Å²) in [5, 5.41) is 14.2. The van der Waals surface area contributed by atoms with Gasteiger partial charge in [0.25, 0.3) is 0 Å². The molecule has 1 aromatic heterocycles. The van der Waals surface area contributed by atoms with E-state index < -0.39 is 24.3 Å². The average molecular weight is 567 g/mol. The molecule has 1 aliphatic carbocycles. The molecule has 0 atom stereocenters. The van der Waals surface area contributed by atoms with Crippen LogP contribution in [0.5, 0.6) is 0 Å². The van der Waals surface area contributed by atoms with Crippen LogP contribution in [0.25, 0.3) is 11.4 Å². The molecule has 0 radical (unpaired) electrons. The first-order valence-electron chi connectivity index (χ1n) is 12.4. The first kappa shape index (κ1) is 32.1. The number of hydrogen-bond acceptors (Lipinski definition) is 5. The van der Waals surface area contributed by atoms with Crippen LogP contribution in [0.15, 0.2) is 30.3 Å². The van der Waals surface area contributed by atoms with Gasteiger partial charge in [-0.2, -0.15) is 26.3 Å². The Morgan fingerprint density at radius 3 is 1.85 bits per heavy atom. The van der Waals surface area contributed by atoms with Crippen LogP contribution in [0.1, 0.15) is 43.5 Å². The lowest BCUT2D eigenvalue weighted by molar-refractivity contribution is -0.193. The third kappa shape index (κ3) is 10.9. The van der Waals surface area contributed by atoms with E-state index in [2.05, 4.69) is 46.0 Å². The molecule has 39 heavy (non-hydrogen) atoms. The molecule has 2 aromatic rings. The van der Waals surface area contributed by atoms with Crippen molar-refractivity contribution in [3.8, 4) is 11.4 Å². The minimum atomic E-state index is -5.08. The number of benzene rings is 1. The Labute approximate surface area is 221 Å². The molecule has 1 aliphatic heterocycles. The number of imidazole rings is 1. The number of piperazine rings is 1. The number of aromatic nitrogens is 2. The number of carboxylic acids is 2. The van der Waals surface area contributed by atoms with Gasteiger partial charge in [-0.1, -0.05) is 49.6 Å². The molecule has 2 heterocycles. The van der Waals surface area contributed by atoms with E-state index in [1.807, 2.05) is 6.07 Å². The predicted molar refractivity (Wildman–Crippen MR) is 130 cm³/mol. The Morgan fingerprint density at radius 1 is 0.897 bits per heavy atom. The van der Waals surface area contributed by atoms with Crippen molar-refractivity contribution >= 4 is 11.9 Å². The first-order chi connectivity index (χ1) is 18.2. The van der Waals surface area contributed by atoms with Crippen LogP contribution in [-0.4, -0.2) is 86.5 Å². The van der Waals surface area contributed by atoms with Crippen LogP contribution in [0.3, 0.4) is 0 Å². The molecule has 0 bridgehead atoms. The Morgan fingerprint density at radius 2 is 1.38 bits per heavy atom. The fraction of sp³-hybridized carbons (Fsp3) is 0.560. The Hall–Kier alpha value is -3.13. The van der Waals surface area contributed by atoms with Gasteiger partial charge in [0.2, 0.25) is 0 Å². The van der Waals surface area contributed by atoms with E-state index in [0.29, 0.717) is 0 Å². The fourth-order valence-corrected chi connectivity index (χ4v) is 4.33. The van der Waals surface area contributed by atoms with E-state index in [1.54, 1.807) is 0 Å². The van der Waals surface area contributed by atoms with Crippen molar-refractivity contribution in [1.29, 1.82) is 0 Å². The van der Waals surface area contributed by atoms with Gasteiger partial charge in [-0.25, -0.2) is 14.6 Å². The minimum Gasteiger partial charge on any atom is -0.475 e. The molecule has 1 saturated heterocycles. The second kappa shape index (κ2) is 14.3. The number of hydrogen-bond donors (Lipinski definition) is 3. The van der Waals surface area contributed by atoms with Gasteiger partial charge in [-0.3, -0.25) is 9.80 Å². The molecule has 0 amide bonds. The number of H-pyrrole nitrogens is 1. The number of aryl methyl sites for hydroxylation is 1. The van der Waals surface area contributed by atoms with Crippen molar-refractivity contribution in [2.24, 2.45) is 0 Å². The average Bonchev–Trinajstić information content (AvgIpc) is 3.25. The summed E-state index contributed by atoms with van der Waals surface area (Å²) in [6.45, 7) is 7.90. The van der Waals surface area contributed by atoms with E-state index in [4.69, 9.17) is 24.8 Å². The van der Waals surface area contributed by atoms with E-state index in [0.717, 1.165) is 18.4 Å². The van der Waals surface area contributed by atoms with Gasteiger partial charge in [0.1, 0.15) is 5.82 Å². The molecular formula is C25H32F6N4O4. The highest BCUT2D eigenvalue weighted by Crippen LogP contribution is 2.24. The summed E-state index contributed by atoms with van der Waals surface area (Å²) in [6, 6.07) is 11.3. The standard InChI is InChI=1S/C21H30N4.2C2HF3O2/c1-17-20(23-21(22-17)18-8-4-2-5-9-18)16-24-12-14-25(15-13-24)19-10-6-3-7-11-19;2*3-2(4,5)1(6)7/h2,4-5,8-9,19H,3,6-7,10-16H2,1H3,(H,22,23);2*(H,6,7). The van der Waals surface area contributed by atoms with E-state index in [-0.39, 0.29) is 0 Å². The molecule has 14 heteroatoms. The normalized spacial score (nSPS) is 17.4. The second-order valence-electron chi connectivity index (χ2n) is 9.23. The zero-order valence-corrected chi connectivity index (χ0v) is 21.4. The number of alkyl halides is 6. The number of rotatable bonds is 4. The van der Waals surface area contributed by atoms with Crippen LogP contribution in [0, 0.1) is 6.92 Å². The maximum Gasteiger partial charge on any atom is 0.490 e. The predicted octanol–water partition coefficient (Wildman–Crippen LogP) is 5.10. The van der Waals surface area contributed by atoms with Crippen molar-refractivity contribution in [3.05, 3.63) is 41.7 Å². The summed E-state index contributed by atoms with van der Waals surface area (Å²) >= 11 is 0. The third-order valence-corrected chi connectivity index (χ3v) is 6.39. The van der Waals surface area contributed by atoms with Gasteiger partial charge in [0.15, 0.2) is 0 Å². The molecule has 0 unspecified atom stereocenters. The quantitative estimate of drug-likeness (QED) is 0.442. The number of aromatic amines is 1. The van der Waals surface area contributed by atoms with Gasteiger partial charge in [-0.15, -0.1) is 0 Å². The minimum absolute atomic E-state index is 0.854. The molecule has 0 spiro atoms. The molecule has 3 N–H and O–H groups in total. The summed E-state index contributed by atoms with van der Waals surface area (Å²) in [4.78, 5) is 31.4. The number of carboxylic acid groups (broad SMARTS) is 2. The van der Waals surface area contributed by atoms with Crippen LogP contribution >= 0.6 is 0 Å². The lowest BCUT2D eigenvalue weighted by atomic mass is 9.94. The SMILES string of the molecule is Cc1[nH]c(-c2ccccc2)nc1CN1CCN(C2CCCCC2)CC1.O=C(O)C(F)(F)F.O=C(O)C(F)(F)F. The van der Waals surface area contributed by atoms with Crippen molar-refractivity contribution in [2.45, 2.75) is 64.0 Å². The molecule has 4 rings (SSSR count). The number of nitrogens with zero attached hydrogens (tertiary/aromatic N) is 3. The second-order valence-corrected chi connectivity index (χ2v) is 9.23. The molecule has 2 fully saturated rings. The van der Waals surface area contributed by atoms with Gasteiger partial charge in [0, 0.05) is 50.0 Å². The van der Waals surface area contributed by atoms with E-state index >= 15 is 0 Å². The largest absolute Gasteiger partial charge is 0.490 e. The highest BCUT2D eigenvalue weighted by Gasteiger charge is 2.38. The molecule has 1 aromatic carbocycles. The zero-order chi connectivity index (χ0) is 29.2. The van der Waals surface area contributed by atoms with Crippen LogP contribution in [-0.2, 0) is 16.1 Å². The van der Waals surface area contributed by atoms with Gasteiger partial charge in [0.05, 0.1) is 5.69 Å². The van der Waals surface area contributed by atoms with E-state index in [9.17, 15) is 26.3 Å². The Kier molecular flexibility index (Phi) is 11.8. The van der Waals surface area contributed by atoms with Gasteiger partial charge < -0.3 is 15.2 Å². The molecule has 218 valence electrons. The first-order valence-corrected chi connectivity index (χ1v) is 12.4. The third-order valence-electron chi connectivity index (χ3n) is 6.39. The fourth-order valence-electron chi connectivity index (χ4n) is 4.33. The Balaban J connectivity index is 0.000000317. The number of nitrogens with one attached hydrogen (secondary N) is 1. The lowest BCUT2D eigenvalue weighted by Gasteiger charge is -2.40. The summed E-state index contributed by atoms with van der Waals surface area (Å²) in [5.41, 5.74) is 3.57. The Bertz CT molecular complexity index is 1020. The van der Waals surface area contributed by atoms with Crippen molar-refractivity contribution < 1.29 is 46.1 Å². The van der Waals surface area contributed by atoms with Crippen LogP contribution < -0.4 is 0 Å². The number of aliphatic carboxylic acids is 2. The van der Waals surface area contributed by atoms with Crippen LogP contribution in [0.4, 0.5) is 26.3 Å². The molecule has 2 aliphatic rings. The summed E-state index contributed by atoms with van der Waals surface area (Å²) in [5.74, 6) is -4.52. The molecule has 1 saturated carbocycles. The smallest absolute Gasteiger partial charge is 0.475 e. The molecule has 8 nitrogen and oxygen atoms in total. The van der Waals surface area contributed by atoms with Crippen molar-refractivity contribution in [2.75, 3.05) is 26.2 Å². The monoisotopic (exact) mass is 566 g/mol.